The second-order valence-corrected chi connectivity index (χ2v) is 6.98. The molecule has 0 spiro atoms. The van der Waals surface area contributed by atoms with Crippen LogP contribution in [-0.2, 0) is 0 Å². The van der Waals surface area contributed by atoms with Crippen molar-refractivity contribution >= 4 is 5.91 Å². The number of carbonyl (C=O) groups excluding carboxylic acids is 1. The van der Waals surface area contributed by atoms with Crippen LogP contribution in [0.2, 0.25) is 0 Å². The summed E-state index contributed by atoms with van der Waals surface area (Å²) in [6, 6.07) is 3.54. The van der Waals surface area contributed by atoms with E-state index in [0.29, 0.717) is 29.5 Å². The Hall–Kier alpha value is -3.10. The Labute approximate surface area is 156 Å². The van der Waals surface area contributed by atoms with Gasteiger partial charge in [0.25, 0.3) is 11.8 Å². The molecule has 0 aliphatic carbocycles. The summed E-state index contributed by atoms with van der Waals surface area (Å²) < 4.78 is 7.07. The van der Waals surface area contributed by atoms with E-state index in [9.17, 15) is 4.79 Å². The third-order valence-corrected chi connectivity index (χ3v) is 4.67. The molecule has 0 radical (unpaired) electrons. The van der Waals surface area contributed by atoms with Crippen LogP contribution in [0.1, 0.15) is 54.8 Å². The van der Waals surface area contributed by atoms with E-state index in [0.717, 1.165) is 19.4 Å². The quantitative estimate of drug-likeness (QED) is 0.697. The summed E-state index contributed by atoms with van der Waals surface area (Å²) in [5.74, 6) is 1.21. The first kappa shape index (κ1) is 17.3. The minimum atomic E-state index is 0.0147. The predicted molar refractivity (Wildman–Crippen MR) is 95.8 cm³/mol. The molecule has 27 heavy (non-hydrogen) atoms. The molecule has 1 atom stereocenters. The summed E-state index contributed by atoms with van der Waals surface area (Å²) >= 11 is 0. The lowest BCUT2D eigenvalue weighted by Gasteiger charge is -2.32. The van der Waals surface area contributed by atoms with E-state index in [2.05, 4.69) is 25.4 Å². The fourth-order valence-corrected chi connectivity index (χ4v) is 3.16. The minimum Gasteiger partial charge on any atom is -0.336 e. The molecule has 140 valence electrons. The molecule has 4 rings (SSSR count). The zero-order chi connectivity index (χ0) is 18.8. The molecule has 0 unspecified atom stereocenters. The Morgan fingerprint density at radius 3 is 2.85 bits per heavy atom. The van der Waals surface area contributed by atoms with Gasteiger partial charge >= 0.3 is 0 Å². The van der Waals surface area contributed by atoms with Gasteiger partial charge in [-0.25, -0.2) is 4.68 Å². The molecule has 1 amide bonds. The zero-order valence-electron chi connectivity index (χ0n) is 15.3. The van der Waals surface area contributed by atoms with Crippen molar-refractivity contribution in [2.75, 3.05) is 13.1 Å². The predicted octanol–water partition coefficient (Wildman–Crippen LogP) is 2.32. The van der Waals surface area contributed by atoms with Crippen molar-refractivity contribution in [2.45, 2.75) is 38.6 Å². The molecule has 0 bridgehead atoms. The topological polar surface area (TPSA) is 103 Å². The summed E-state index contributed by atoms with van der Waals surface area (Å²) in [6.45, 7) is 5.33. The number of likely N-dealkylation sites (tertiary alicyclic amines) is 1. The van der Waals surface area contributed by atoms with Crippen LogP contribution in [-0.4, -0.2) is 54.0 Å². The Morgan fingerprint density at radius 1 is 1.30 bits per heavy atom. The van der Waals surface area contributed by atoms with Crippen molar-refractivity contribution in [2.24, 2.45) is 0 Å². The Kier molecular flexibility index (Phi) is 4.66. The van der Waals surface area contributed by atoms with Crippen LogP contribution in [0.4, 0.5) is 0 Å². The van der Waals surface area contributed by atoms with E-state index in [1.807, 2.05) is 24.9 Å². The second-order valence-electron chi connectivity index (χ2n) is 6.98. The first-order valence-electron chi connectivity index (χ1n) is 9.07. The summed E-state index contributed by atoms with van der Waals surface area (Å²) in [4.78, 5) is 22.9. The maximum Gasteiger partial charge on any atom is 0.280 e. The molecule has 9 nitrogen and oxygen atoms in total. The van der Waals surface area contributed by atoms with Crippen LogP contribution in [0.25, 0.3) is 11.6 Å². The molecular formula is C18H21N7O2. The molecule has 0 N–H and O–H groups in total. The fourth-order valence-electron chi connectivity index (χ4n) is 3.16. The molecule has 4 heterocycles. The van der Waals surface area contributed by atoms with Crippen molar-refractivity contribution in [1.82, 2.24) is 35.0 Å². The summed E-state index contributed by atoms with van der Waals surface area (Å²) in [5.41, 5.74) is 1.20. The van der Waals surface area contributed by atoms with Gasteiger partial charge in [-0.05, 0) is 25.0 Å². The number of hydrogen-bond donors (Lipinski definition) is 0. The monoisotopic (exact) mass is 367 g/mol. The van der Waals surface area contributed by atoms with Crippen LogP contribution in [0, 0.1) is 0 Å². The lowest BCUT2D eigenvalue weighted by atomic mass is 10.0. The summed E-state index contributed by atoms with van der Waals surface area (Å²) in [7, 11) is 0. The van der Waals surface area contributed by atoms with Gasteiger partial charge in [-0.2, -0.15) is 4.98 Å². The summed E-state index contributed by atoms with van der Waals surface area (Å²) in [6.07, 6.45) is 6.92. The highest BCUT2D eigenvalue weighted by molar-refractivity contribution is 5.94. The first-order valence-corrected chi connectivity index (χ1v) is 9.07. The lowest BCUT2D eigenvalue weighted by Crippen LogP contribution is -2.40. The second kappa shape index (κ2) is 7.26. The third-order valence-electron chi connectivity index (χ3n) is 4.67. The third kappa shape index (κ3) is 3.57. The highest BCUT2D eigenvalue weighted by Gasteiger charge is 2.27. The number of amides is 1. The van der Waals surface area contributed by atoms with Crippen LogP contribution in [0.15, 0.2) is 35.2 Å². The van der Waals surface area contributed by atoms with Crippen LogP contribution in [0.3, 0.4) is 0 Å². The van der Waals surface area contributed by atoms with E-state index in [-0.39, 0.29) is 17.9 Å². The van der Waals surface area contributed by atoms with Gasteiger partial charge in [0.1, 0.15) is 0 Å². The highest BCUT2D eigenvalue weighted by Crippen LogP contribution is 2.24. The van der Waals surface area contributed by atoms with Crippen LogP contribution < -0.4 is 0 Å². The van der Waals surface area contributed by atoms with Gasteiger partial charge in [-0.1, -0.05) is 24.2 Å². The molecule has 1 aliphatic rings. The molecule has 1 aliphatic heterocycles. The molecule has 0 aromatic carbocycles. The van der Waals surface area contributed by atoms with E-state index in [1.165, 1.54) is 0 Å². The number of carbonyl (C=O) groups is 1. The van der Waals surface area contributed by atoms with E-state index < -0.39 is 0 Å². The summed E-state index contributed by atoms with van der Waals surface area (Å²) in [5, 5.41) is 12.4. The van der Waals surface area contributed by atoms with Crippen molar-refractivity contribution < 1.29 is 9.32 Å². The molecular weight excluding hydrogens is 346 g/mol. The first-order chi connectivity index (χ1) is 13.1. The van der Waals surface area contributed by atoms with Gasteiger partial charge in [-0.15, -0.1) is 5.10 Å². The maximum atomic E-state index is 12.7. The van der Waals surface area contributed by atoms with Gasteiger partial charge in [0.05, 0.1) is 12.2 Å². The Morgan fingerprint density at radius 2 is 2.11 bits per heavy atom. The van der Waals surface area contributed by atoms with Gasteiger partial charge in [0.15, 0.2) is 11.5 Å². The number of hydrogen-bond acceptors (Lipinski definition) is 7. The van der Waals surface area contributed by atoms with E-state index >= 15 is 0 Å². The Bertz CT molecular complexity index is 919. The normalized spacial score (nSPS) is 17.4. The SMILES string of the molecule is CC(C)c1noc(-c2cn([C@H]3CCCN(C(=O)c4ccncc4)C3)nn2)n1. The van der Waals surface area contributed by atoms with Gasteiger partial charge in [-0.3, -0.25) is 9.78 Å². The maximum absolute atomic E-state index is 12.7. The largest absolute Gasteiger partial charge is 0.336 e. The molecule has 9 heteroatoms. The molecule has 1 saturated heterocycles. The van der Waals surface area contributed by atoms with Gasteiger partial charge in [0.2, 0.25) is 0 Å². The molecule has 1 fully saturated rings. The van der Waals surface area contributed by atoms with Crippen molar-refractivity contribution in [3.05, 3.63) is 42.1 Å². The number of nitrogens with zero attached hydrogens (tertiary/aromatic N) is 7. The van der Waals surface area contributed by atoms with Crippen molar-refractivity contribution in [3.8, 4) is 11.6 Å². The number of aromatic nitrogens is 6. The number of rotatable bonds is 4. The Balaban J connectivity index is 1.49. The van der Waals surface area contributed by atoms with Crippen LogP contribution >= 0.6 is 0 Å². The van der Waals surface area contributed by atoms with Crippen molar-refractivity contribution in [1.29, 1.82) is 0 Å². The van der Waals surface area contributed by atoms with E-state index in [4.69, 9.17) is 4.52 Å². The van der Waals surface area contributed by atoms with Crippen molar-refractivity contribution in [3.63, 3.8) is 0 Å². The standard InChI is InChI=1S/C18H21N7O2/c1-12(2)16-20-17(27-22-16)15-11-25(23-21-15)14-4-3-9-24(10-14)18(26)13-5-7-19-8-6-13/h5-8,11-12,14H,3-4,9-10H2,1-2H3/t14-/m0/s1. The molecule has 0 saturated carbocycles. The van der Waals surface area contributed by atoms with Gasteiger partial charge in [0, 0.05) is 37.0 Å². The number of piperidine rings is 1. The van der Waals surface area contributed by atoms with E-state index in [1.54, 1.807) is 29.2 Å². The number of pyridine rings is 1. The average Bonchev–Trinajstić information content (AvgIpc) is 3.38. The fraction of sp³-hybridized carbons (Fsp3) is 0.444. The average molecular weight is 367 g/mol. The zero-order valence-corrected chi connectivity index (χ0v) is 15.3. The van der Waals surface area contributed by atoms with Gasteiger partial charge < -0.3 is 9.42 Å². The minimum absolute atomic E-state index is 0.0147. The molecule has 3 aromatic heterocycles. The van der Waals surface area contributed by atoms with Crippen LogP contribution in [0.5, 0.6) is 0 Å². The molecule has 3 aromatic rings. The lowest BCUT2D eigenvalue weighted by molar-refractivity contribution is 0.0671. The smallest absolute Gasteiger partial charge is 0.280 e. The highest BCUT2D eigenvalue weighted by atomic mass is 16.5.